The molecule has 1 heterocycles. The number of aliphatic carboxylic acids is 1. The Bertz CT molecular complexity index is 304. The third kappa shape index (κ3) is 3.70. The van der Waals surface area contributed by atoms with Gasteiger partial charge >= 0.3 is 5.97 Å². The van der Waals surface area contributed by atoms with Crippen LogP contribution >= 0.6 is 0 Å². The molecule has 1 aliphatic rings. The van der Waals surface area contributed by atoms with E-state index < -0.39 is 11.4 Å². The molecule has 5 nitrogen and oxygen atoms in total. The summed E-state index contributed by atoms with van der Waals surface area (Å²) in [4.78, 5) is 24.5. The van der Waals surface area contributed by atoms with Crippen molar-refractivity contribution in [3.8, 4) is 0 Å². The molecule has 0 bridgehead atoms. The highest BCUT2D eigenvalue weighted by Crippen LogP contribution is 2.30. The lowest BCUT2D eigenvalue weighted by Gasteiger charge is -2.20. The van der Waals surface area contributed by atoms with Crippen LogP contribution in [0.1, 0.15) is 39.5 Å². The minimum atomic E-state index is -0.816. The molecule has 5 heteroatoms. The van der Waals surface area contributed by atoms with E-state index in [0.29, 0.717) is 25.9 Å². The van der Waals surface area contributed by atoms with E-state index in [1.165, 1.54) is 0 Å². The van der Waals surface area contributed by atoms with Crippen LogP contribution in [-0.4, -0.2) is 41.0 Å². The maximum Gasteiger partial charge on any atom is 0.311 e. The van der Waals surface area contributed by atoms with Crippen molar-refractivity contribution in [2.24, 2.45) is 11.1 Å². The van der Waals surface area contributed by atoms with Crippen molar-refractivity contribution in [1.29, 1.82) is 0 Å². The van der Waals surface area contributed by atoms with Gasteiger partial charge in [-0.15, -0.1) is 0 Å². The lowest BCUT2D eigenvalue weighted by Crippen LogP contribution is -2.34. The summed E-state index contributed by atoms with van der Waals surface area (Å²) in [6, 6.07) is 0.116. The van der Waals surface area contributed by atoms with Crippen LogP contribution in [0.4, 0.5) is 0 Å². The van der Waals surface area contributed by atoms with Crippen molar-refractivity contribution in [2.75, 3.05) is 13.1 Å². The van der Waals surface area contributed by atoms with Crippen LogP contribution in [0.3, 0.4) is 0 Å². The zero-order valence-corrected chi connectivity index (χ0v) is 10.6. The van der Waals surface area contributed by atoms with Gasteiger partial charge in [-0.1, -0.05) is 0 Å². The highest BCUT2D eigenvalue weighted by atomic mass is 16.4. The van der Waals surface area contributed by atoms with E-state index in [9.17, 15) is 9.59 Å². The molecule has 98 valence electrons. The van der Waals surface area contributed by atoms with Crippen molar-refractivity contribution < 1.29 is 14.7 Å². The van der Waals surface area contributed by atoms with Crippen LogP contribution in [0.15, 0.2) is 0 Å². The fourth-order valence-electron chi connectivity index (χ4n) is 2.08. The Morgan fingerprint density at radius 3 is 2.65 bits per heavy atom. The van der Waals surface area contributed by atoms with Gasteiger partial charge in [-0.05, 0) is 33.1 Å². The topological polar surface area (TPSA) is 83.6 Å². The average Bonchev–Trinajstić information content (AvgIpc) is 2.62. The SMILES string of the molecule is CC(N)CCCC(=O)N1CCC(C)(C(=O)O)C1. The molecule has 2 unspecified atom stereocenters. The molecular formula is C12H22N2O3. The molecule has 1 saturated heterocycles. The number of carbonyl (C=O) groups excluding carboxylic acids is 1. The summed E-state index contributed by atoms with van der Waals surface area (Å²) in [5, 5.41) is 9.07. The van der Waals surface area contributed by atoms with Gasteiger partial charge < -0.3 is 15.7 Å². The van der Waals surface area contributed by atoms with Gasteiger partial charge in [-0.3, -0.25) is 9.59 Å². The zero-order chi connectivity index (χ0) is 13.1. The number of hydrogen-bond donors (Lipinski definition) is 2. The molecule has 0 aliphatic carbocycles. The van der Waals surface area contributed by atoms with E-state index in [2.05, 4.69) is 0 Å². The summed E-state index contributed by atoms with van der Waals surface area (Å²) in [5.74, 6) is -0.765. The first-order chi connectivity index (χ1) is 7.85. The first kappa shape index (κ1) is 14.0. The molecule has 3 N–H and O–H groups in total. The van der Waals surface area contributed by atoms with Crippen LogP contribution in [0.2, 0.25) is 0 Å². The first-order valence-electron chi connectivity index (χ1n) is 6.12. The van der Waals surface area contributed by atoms with Crippen molar-refractivity contribution in [1.82, 2.24) is 4.90 Å². The normalized spacial score (nSPS) is 25.9. The largest absolute Gasteiger partial charge is 0.481 e. The lowest BCUT2D eigenvalue weighted by molar-refractivity contribution is -0.147. The number of hydrogen-bond acceptors (Lipinski definition) is 3. The van der Waals surface area contributed by atoms with Crippen LogP contribution in [0.5, 0.6) is 0 Å². The Morgan fingerprint density at radius 2 is 2.18 bits per heavy atom. The third-order valence-electron chi connectivity index (χ3n) is 3.39. The molecule has 1 fully saturated rings. The Hall–Kier alpha value is -1.10. The van der Waals surface area contributed by atoms with E-state index in [1.807, 2.05) is 6.92 Å². The summed E-state index contributed by atoms with van der Waals surface area (Å²) < 4.78 is 0. The summed E-state index contributed by atoms with van der Waals surface area (Å²) in [7, 11) is 0. The van der Waals surface area contributed by atoms with Gasteiger partial charge in [0.05, 0.1) is 5.41 Å². The van der Waals surface area contributed by atoms with Gasteiger partial charge in [0.2, 0.25) is 5.91 Å². The molecule has 0 aromatic heterocycles. The minimum Gasteiger partial charge on any atom is -0.481 e. The van der Waals surface area contributed by atoms with Gasteiger partial charge in [0.25, 0.3) is 0 Å². The molecule has 17 heavy (non-hydrogen) atoms. The van der Waals surface area contributed by atoms with Crippen molar-refractivity contribution >= 4 is 11.9 Å². The number of carbonyl (C=O) groups is 2. The number of nitrogens with two attached hydrogens (primary N) is 1. The second-order valence-electron chi connectivity index (χ2n) is 5.30. The summed E-state index contributed by atoms with van der Waals surface area (Å²) in [5.41, 5.74) is 4.85. The second kappa shape index (κ2) is 5.49. The van der Waals surface area contributed by atoms with Crippen LogP contribution in [-0.2, 0) is 9.59 Å². The molecule has 0 radical (unpaired) electrons. The maximum absolute atomic E-state index is 11.8. The summed E-state index contributed by atoms with van der Waals surface area (Å²) >= 11 is 0. The smallest absolute Gasteiger partial charge is 0.311 e. The Morgan fingerprint density at radius 1 is 1.53 bits per heavy atom. The van der Waals surface area contributed by atoms with E-state index >= 15 is 0 Å². The summed E-state index contributed by atoms with van der Waals surface area (Å²) in [6.07, 6.45) is 2.62. The van der Waals surface area contributed by atoms with Crippen molar-refractivity contribution in [3.05, 3.63) is 0 Å². The Kier molecular flexibility index (Phi) is 4.51. The maximum atomic E-state index is 11.8. The van der Waals surface area contributed by atoms with Crippen LogP contribution in [0.25, 0.3) is 0 Å². The summed E-state index contributed by atoms with van der Waals surface area (Å²) in [6.45, 7) is 4.51. The van der Waals surface area contributed by atoms with Gasteiger partial charge in [0, 0.05) is 25.6 Å². The van der Waals surface area contributed by atoms with Crippen molar-refractivity contribution in [2.45, 2.75) is 45.6 Å². The fraction of sp³-hybridized carbons (Fsp3) is 0.833. The van der Waals surface area contributed by atoms with E-state index in [4.69, 9.17) is 10.8 Å². The first-order valence-corrected chi connectivity index (χ1v) is 6.12. The van der Waals surface area contributed by atoms with E-state index in [-0.39, 0.29) is 11.9 Å². The minimum absolute atomic E-state index is 0.0515. The Labute approximate surface area is 102 Å². The lowest BCUT2D eigenvalue weighted by atomic mass is 9.90. The second-order valence-corrected chi connectivity index (χ2v) is 5.30. The predicted octanol–water partition coefficient (Wildman–Crippen LogP) is 0.827. The highest BCUT2D eigenvalue weighted by molar-refractivity contribution is 5.80. The molecule has 0 spiro atoms. The molecule has 0 saturated carbocycles. The van der Waals surface area contributed by atoms with E-state index in [0.717, 1.165) is 12.8 Å². The van der Waals surface area contributed by atoms with E-state index in [1.54, 1.807) is 11.8 Å². The highest BCUT2D eigenvalue weighted by Gasteiger charge is 2.41. The molecule has 2 atom stereocenters. The number of amides is 1. The number of rotatable bonds is 5. The Balaban J connectivity index is 2.38. The monoisotopic (exact) mass is 242 g/mol. The van der Waals surface area contributed by atoms with Gasteiger partial charge in [-0.25, -0.2) is 0 Å². The number of carboxylic acid groups (broad SMARTS) is 1. The van der Waals surface area contributed by atoms with Crippen LogP contribution < -0.4 is 5.73 Å². The predicted molar refractivity (Wildman–Crippen MR) is 64.4 cm³/mol. The molecule has 0 aromatic carbocycles. The molecule has 0 aromatic rings. The molecular weight excluding hydrogens is 220 g/mol. The fourth-order valence-corrected chi connectivity index (χ4v) is 2.08. The van der Waals surface area contributed by atoms with Crippen LogP contribution in [0, 0.1) is 5.41 Å². The van der Waals surface area contributed by atoms with Gasteiger partial charge in [0.15, 0.2) is 0 Å². The molecule has 1 aliphatic heterocycles. The van der Waals surface area contributed by atoms with Gasteiger partial charge in [-0.2, -0.15) is 0 Å². The molecule has 1 amide bonds. The standard InChI is InChI=1S/C12H22N2O3/c1-9(13)4-3-5-10(15)14-7-6-12(2,8-14)11(16)17/h9H,3-8,13H2,1-2H3,(H,16,17). The van der Waals surface area contributed by atoms with Gasteiger partial charge in [0.1, 0.15) is 0 Å². The number of carboxylic acids is 1. The van der Waals surface area contributed by atoms with Crippen molar-refractivity contribution in [3.63, 3.8) is 0 Å². The average molecular weight is 242 g/mol. The third-order valence-corrected chi connectivity index (χ3v) is 3.39. The quantitative estimate of drug-likeness (QED) is 0.748. The zero-order valence-electron chi connectivity index (χ0n) is 10.6. The molecule has 1 rings (SSSR count). The number of likely N-dealkylation sites (tertiary alicyclic amines) is 1. The number of nitrogens with zero attached hydrogens (tertiary/aromatic N) is 1.